The number of nitrogens with zero attached hydrogens (tertiary/aromatic N) is 2. The molecule has 1 heterocycles. The summed E-state index contributed by atoms with van der Waals surface area (Å²) in [7, 11) is 1.29. The van der Waals surface area contributed by atoms with Crippen LogP contribution in [-0.2, 0) is 23.1 Å². The highest BCUT2D eigenvalue weighted by molar-refractivity contribution is 6.01. The summed E-state index contributed by atoms with van der Waals surface area (Å²) >= 11 is 0. The van der Waals surface area contributed by atoms with Crippen LogP contribution < -0.4 is 17.0 Å². The van der Waals surface area contributed by atoms with Crippen LogP contribution in [0.4, 0.5) is 5.82 Å². The van der Waals surface area contributed by atoms with Gasteiger partial charge in [-0.15, -0.1) is 0 Å². The summed E-state index contributed by atoms with van der Waals surface area (Å²) < 4.78 is 7.13. The van der Waals surface area contributed by atoms with Gasteiger partial charge in [0.15, 0.2) is 6.61 Å². The largest absolute Gasteiger partial charge is 0.457 e. The van der Waals surface area contributed by atoms with Gasteiger partial charge in [-0.3, -0.25) is 23.5 Å². The molecule has 0 spiro atoms. The summed E-state index contributed by atoms with van der Waals surface area (Å²) in [5.74, 6) is -1.54. The van der Waals surface area contributed by atoms with Gasteiger partial charge >= 0.3 is 11.7 Å². The van der Waals surface area contributed by atoms with E-state index in [0.29, 0.717) is 12.8 Å². The number of carbonyl (C=O) groups excluding carboxylic acids is 2. The van der Waals surface area contributed by atoms with E-state index < -0.39 is 29.6 Å². The minimum atomic E-state index is -0.783. The normalized spacial score (nSPS) is 16.7. The molecule has 0 saturated heterocycles. The summed E-state index contributed by atoms with van der Waals surface area (Å²) in [5, 5.41) is 0. The molecule has 1 aliphatic rings. The van der Waals surface area contributed by atoms with Crippen LogP contribution in [0.5, 0.6) is 0 Å². The molecular weight excluding hydrogens is 338 g/mol. The molecule has 26 heavy (non-hydrogen) atoms. The number of allylic oxidation sites excluding steroid dienone is 2. The molecule has 0 aromatic carbocycles. The number of nitrogen functional groups attached to an aromatic ring is 1. The molecule has 8 heteroatoms. The third-order valence-corrected chi connectivity index (χ3v) is 4.36. The molecule has 2 rings (SSSR count). The lowest BCUT2D eigenvalue weighted by molar-refractivity contribution is -0.147. The molecule has 8 nitrogen and oxygen atoms in total. The molecular formula is C18H25N3O5. The van der Waals surface area contributed by atoms with E-state index in [1.54, 1.807) is 0 Å². The Balaban J connectivity index is 2.24. The Morgan fingerprint density at radius 1 is 1.31 bits per heavy atom. The maximum Gasteiger partial charge on any atom is 0.332 e. The Morgan fingerprint density at radius 2 is 2.00 bits per heavy atom. The zero-order valence-electron chi connectivity index (χ0n) is 15.4. The van der Waals surface area contributed by atoms with Gasteiger partial charge in [-0.25, -0.2) is 4.79 Å². The third kappa shape index (κ3) is 4.12. The average Bonchev–Trinajstić information content (AvgIpc) is 2.62. The number of Topliss-reactive ketones (excluding diaryl/α,β-unsaturated/α-hetero) is 1. The Morgan fingerprint density at radius 3 is 2.58 bits per heavy atom. The smallest absolute Gasteiger partial charge is 0.332 e. The molecule has 1 aliphatic carbocycles. The third-order valence-electron chi connectivity index (χ3n) is 4.36. The number of nitrogens with two attached hydrogens (primary N) is 1. The van der Waals surface area contributed by atoms with E-state index >= 15 is 0 Å². The van der Waals surface area contributed by atoms with Crippen molar-refractivity contribution in [1.29, 1.82) is 0 Å². The number of ether oxygens (including phenoxy) is 1. The van der Waals surface area contributed by atoms with Crippen LogP contribution in [0.1, 0.15) is 43.5 Å². The molecule has 0 aliphatic heterocycles. The maximum absolute atomic E-state index is 12.5. The standard InChI is InChI=1S/C18H25N3O5/c1-11(2)9-21-15(19)14(16(23)20(3)18(21)25)13(22)10-26-17(24)12-7-5-4-6-8-12/h4-5,11-12H,6-10,19H2,1-3H3/t12-/m1/s1. The Bertz CT molecular complexity index is 848. The molecule has 0 saturated carbocycles. The lowest BCUT2D eigenvalue weighted by Gasteiger charge is -2.17. The molecule has 0 bridgehead atoms. The fourth-order valence-electron chi connectivity index (χ4n) is 2.92. The summed E-state index contributed by atoms with van der Waals surface area (Å²) in [6, 6.07) is 0. The van der Waals surface area contributed by atoms with Crippen LogP contribution in [0.3, 0.4) is 0 Å². The Labute approximate surface area is 151 Å². The van der Waals surface area contributed by atoms with Crippen molar-refractivity contribution >= 4 is 17.6 Å². The van der Waals surface area contributed by atoms with E-state index in [4.69, 9.17) is 10.5 Å². The highest BCUT2D eigenvalue weighted by Crippen LogP contribution is 2.19. The van der Waals surface area contributed by atoms with Gasteiger partial charge in [0, 0.05) is 13.6 Å². The molecule has 1 aromatic rings. The van der Waals surface area contributed by atoms with Crippen molar-refractivity contribution in [2.45, 2.75) is 39.7 Å². The van der Waals surface area contributed by atoms with E-state index in [9.17, 15) is 19.2 Å². The van der Waals surface area contributed by atoms with Crippen LogP contribution >= 0.6 is 0 Å². The quantitative estimate of drug-likeness (QED) is 0.456. The number of hydrogen-bond donors (Lipinski definition) is 1. The number of carbonyl (C=O) groups is 2. The SMILES string of the molecule is CC(C)Cn1c(N)c(C(=O)COC(=O)[C@@H]2CC=CCC2)c(=O)n(C)c1=O. The fraction of sp³-hybridized carbons (Fsp3) is 0.556. The highest BCUT2D eigenvalue weighted by Gasteiger charge is 2.25. The molecule has 1 atom stereocenters. The number of anilines is 1. The Kier molecular flexibility index (Phi) is 6.18. The summed E-state index contributed by atoms with van der Waals surface area (Å²) in [4.78, 5) is 49.1. The topological polar surface area (TPSA) is 113 Å². The van der Waals surface area contributed by atoms with E-state index in [0.717, 1.165) is 11.0 Å². The molecule has 0 unspecified atom stereocenters. The van der Waals surface area contributed by atoms with Gasteiger partial charge in [-0.1, -0.05) is 26.0 Å². The second-order valence-electron chi connectivity index (χ2n) is 6.92. The van der Waals surface area contributed by atoms with Crippen molar-refractivity contribution in [2.75, 3.05) is 12.3 Å². The van der Waals surface area contributed by atoms with Gasteiger partial charge in [-0.05, 0) is 25.2 Å². The fourth-order valence-corrected chi connectivity index (χ4v) is 2.92. The van der Waals surface area contributed by atoms with Gasteiger partial charge in [-0.2, -0.15) is 0 Å². The molecule has 1 aromatic heterocycles. The van der Waals surface area contributed by atoms with Crippen molar-refractivity contribution in [2.24, 2.45) is 18.9 Å². The summed E-state index contributed by atoms with van der Waals surface area (Å²) in [6.45, 7) is 3.48. The molecule has 2 N–H and O–H groups in total. The number of rotatable bonds is 6. The second-order valence-corrected chi connectivity index (χ2v) is 6.92. The highest BCUT2D eigenvalue weighted by atomic mass is 16.5. The zero-order valence-corrected chi connectivity index (χ0v) is 15.4. The summed E-state index contributed by atoms with van der Waals surface area (Å²) in [6.07, 6.45) is 5.95. The predicted molar refractivity (Wildman–Crippen MR) is 97.0 cm³/mol. The lowest BCUT2D eigenvalue weighted by atomic mass is 9.95. The predicted octanol–water partition coefficient (Wildman–Crippen LogP) is 0.867. The zero-order chi connectivity index (χ0) is 19.4. The second kappa shape index (κ2) is 8.16. The number of hydrogen-bond acceptors (Lipinski definition) is 6. The maximum atomic E-state index is 12.5. The van der Waals surface area contributed by atoms with Crippen molar-refractivity contribution in [3.63, 3.8) is 0 Å². The molecule has 0 amide bonds. The van der Waals surface area contributed by atoms with Crippen LogP contribution in [0.2, 0.25) is 0 Å². The van der Waals surface area contributed by atoms with E-state index in [2.05, 4.69) is 0 Å². The lowest BCUT2D eigenvalue weighted by Crippen LogP contribution is -2.43. The van der Waals surface area contributed by atoms with Crippen molar-refractivity contribution < 1.29 is 14.3 Å². The van der Waals surface area contributed by atoms with Gasteiger partial charge in [0.25, 0.3) is 5.56 Å². The Hall–Kier alpha value is -2.64. The van der Waals surface area contributed by atoms with Crippen molar-refractivity contribution in [3.8, 4) is 0 Å². The van der Waals surface area contributed by atoms with E-state index in [1.807, 2.05) is 26.0 Å². The molecule has 0 radical (unpaired) electrons. The number of ketones is 1. The van der Waals surface area contributed by atoms with Crippen LogP contribution in [-0.4, -0.2) is 27.5 Å². The molecule has 142 valence electrons. The molecule has 0 fully saturated rings. The first-order valence-electron chi connectivity index (χ1n) is 8.68. The van der Waals surface area contributed by atoms with Crippen molar-refractivity contribution in [1.82, 2.24) is 9.13 Å². The van der Waals surface area contributed by atoms with Crippen LogP contribution in [0.15, 0.2) is 21.7 Å². The van der Waals surface area contributed by atoms with Crippen molar-refractivity contribution in [3.05, 3.63) is 38.6 Å². The van der Waals surface area contributed by atoms with Gasteiger partial charge in [0.1, 0.15) is 11.4 Å². The monoisotopic (exact) mass is 363 g/mol. The van der Waals surface area contributed by atoms with E-state index in [1.165, 1.54) is 11.6 Å². The number of aromatic nitrogens is 2. The van der Waals surface area contributed by atoms with Gasteiger partial charge in [0.2, 0.25) is 5.78 Å². The average molecular weight is 363 g/mol. The number of esters is 1. The first-order valence-corrected chi connectivity index (χ1v) is 8.68. The van der Waals surface area contributed by atoms with E-state index in [-0.39, 0.29) is 29.8 Å². The van der Waals surface area contributed by atoms with Crippen LogP contribution in [0, 0.1) is 11.8 Å². The first kappa shape index (κ1) is 19.7. The minimum Gasteiger partial charge on any atom is -0.457 e. The van der Waals surface area contributed by atoms with Gasteiger partial charge < -0.3 is 10.5 Å². The first-order chi connectivity index (χ1) is 12.2. The van der Waals surface area contributed by atoms with Gasteiger partial charge in [0.05, 0.1) is 5.92 Å². The summed E-state index contributed by atoms with van der Waals surface area (Å²) in [5.41, 5.74) is 4.25. The minimum absolute atomic E-state index is 0.0904. The van der Waals surface area contributed by atoms with Crippen LogP contribution in [0.25, 0.3) is 0 Å².